The standard InChI is InChI=1S/C19H23F3N2O4S/c1-12(8-13-4-6-14(7-5-13)28-10-17(26)27-3)24(2)9-16(25)15-11-29-18(23-15)19(20,21)22/h4-7,11-12,16,25H,8-10H2,1-3H3. The molecular formula is C19H23F3N2O4S. The van der Waals surface area contributed by atoms with Crippen LogP contribution in [0.1, 0.15) is 29.3 Å². The zero-order valence-corrected chi connectivity index (χ0v) is 17.1. The van der Waals surface area contributed by atoms with Gasteiger partial charge in [0.1, 0.15) is 11.9 Å². The van der Waals surface area contributed by atoms with Crippen molar-refractivity contribution in [3.05, 3.63) is 45.9 Å². The van der Waals surface area contributed by atoms with Crippen molar-refractivity contribution in [3.8, 4) is 5.75 Å². The Morgan fingerprint density at radius 1 is 1.31 bits per heavy atom. The monoisotopic (exact) mass is 432 g/mol. The van der Waals surface area contributed by atoms with E-state index in [9.17, 15) is 23.1 Å². The number of halogens is 3. The summed E-state index contributed by atoms with van der Waals surface area (Å²) in [5.41, 5.74) is 1.03. The molecule has 6 nitrogen and oxygen atoms in total. The van der Waals surface area contributed by atoms with Crippen molar-refractivity contribution in [1.29, 1.82) is 0 Å². The molecule has 0 spiro atoms. The van der Waals surface area contributed by atoms with Crippen LogP contribution in [0, 0.1) is 0 Å². The molecule has 2 atom stereocenters. The number of carbonyl (C=O) groups is 1. The third-order valence-corrected chi connectivity index (χ3v) is 5.26. The lowest BCUT2D eigenvalue weighted by molar-refractivity contribution is -0.143. The number of aliphatic hydroxyl groups is 1. The summed E-state index contributed by atoms with van der Waals surface area (Å²) < 4.78 is 47.8. The number of hydrogen-bond donors (Lipinski definition) is 1. The molecule has 29 heavy (non-hydrogen) atoms. The van der Waals surface area contributed by atoms with Gasteiger partial charge in [-0.25, -0.2) is 9.78 Å². The number of hydrogen-bond acceptors (Lipinski definition) is 7. The van der Waals surface area contributed by atoms with Gasteiger partial charge in [0, 0.05) is 18.0 Å². The molecule has 0 aliphatic heterocycles. The number of alkyl halides is 3. The molecule has 0 fully saturated rings. The largest absolute Gasteiger partial charge is 0.482 e. The van der Waals surface area contributed by atoms with E-state index >= 15 is 0 Å². The number of methoxy groups -OCH3 is 1. The Kier molecular flexibility index (Phi) is 8.00. The van der Waals surface area contributed by atoms with E-state index in [1.807, 2.05) is 24.0 Å². The number of ether oxygens (including phenoxy) is 2. The fourth-order valence-corrected chi connectivity index (χ4v) is 3.27. The van der Waals surface area contributed by atoms with Crippen LogP contribution in [0.5, 0.6) is 5.75 Å². The first-order valence-corrected chi connectivity index (χ1v) is 9.67. The maximum absolute atomic E-state index is 12.7. The first-order valence-electron chi connectivity index (χ1n) is 8.79. The van der Waals surface area contributed by atoms with E-state index in [0.29, 0.717) is 23.5 Å². The van der Waals surface area contributed by atoms with Gasteiger partial charge in [-0.2, -0.15) is 13.2 Å². The molecule has 0 aliphatic rings. The van der Waals surface area contributed by atoms with Gasteiger partial charge in [0.25, 0.3) is 0 Å². The lowest BCUT2D eigenvalue weighted by Crippen LogP contribution is -2.34. The minimum Gasteiger partial charge on any atom is -0.482 e. The number of benzene rings is 1. The molecule has 0 aliphatic carbocycles. The zero-order chi connectivity index (χ0) is 21.6. The summed E-state index contributed by atoms with van der Waals surface area (Å²) >= 11 is 0.476. The van der Waals surface area contributed by atoms with Gasteiger partial charge >= 0.3 is 12.1 Å². The number of aliphatic hydroxyl groups excluding tert-OH is 1. The number of carbonyl (C=O) groups excluding carboxylic acids is 1. The van der Waals surface area contributed by atoms with Gasteiger partial charge in [-0.1, -0.05) is 12.1 Å². The van der Waals surface area contributed by atoms with E-state index in [2.05, 4.69) is 9.72 Å². The normalized spacial score (nSPS) is 13.9. The van der Waals surface area contributed by atoms with Gasteiger partial charge in [0.2, 0.25) is 0 Å². The molecule has 1 aromatic carbocycles. The maximum Gasteiger partial charge on any atom is 0.443 e. The number of nitrogens with zero attached hydrogens (tertiary/aromatic N) is 2. The van der Waals surface area contributed by atoms with Crippen molar-refractivity contribution in [2.75, 3.05) is 27.3 Å². The molecule has 2 aromatic rings. The Hall–Kier alpha value is -2.17. The van der Waals surface area contributed by atoms with Crippen LogP contribution in [-0.2, 0) is 22.1 Å². The summed E-state index contributed by atoms with van der Waals surface area (Å²) in [5, 5.41) is 10.5. The second-order valence-electron chi connectivity index (χ2n) is 6.59. The average molecular weight is 432 g/mol. The molecule has 1 heterocycles. The third kappa shape index (κ3) is 6.98. The van der Waals surface area contributed by atoms with Crippen LogP contribution in [0.2, 0.25) is 0 Å². The smallest absolute Gasteiger partial charge is 0.443 e. The molecule has 2 rings (SSSR count). The summed E-state index contributed by atoms with van der Waals surface area (Å²) in [6.07, 6.45) is -4.95. The van der Waals surface area contributed by atoms with Gasteiger partial charge < -0.3 is 19.5 Å². The topological polar surface area (TPSA) is 71.9 Å². The van der Waals surface area contributed by atoms with Gasteiger partial charge in [-0.15, -0.1) is 11.3 Å². The lowest BCUT2D eigenvalue weighted by Gasteiger charge is -2.26. The highest BCUT2D eigenvalue weighted by Crippen LogP contribution is 2.33. The predicted molar refractivity (Wildman–Crippen MR) is 102 cm³/mol. The Labute approximate surface area is 170 Å². The van der Waals surface area contributed by atoms with E-state index in [4.69, 9.17) is 4.74 Å². The highest BCUT2D eigenvalue weighted by molar-refractivity contribution is 7.09. The average Bonchev–Trinajstić information content (AvgIpc) is 3.18. The molecule has 0 bridgehead atoms. The van der Waals surface area contributed by atoms with Gasteiger partial charge in [0.15, 0.2) is 11.6 Å². The third-order valence-electron chi connectivity index (χ3n) is 4.36. The number of thiazole rings is 1. The molecule has 0 radical (unpaired) electrons. The zero-order valence-electron chi connectivity index (χ0n) is 16.3. The van der Waals surface area contributed by atoms with Crippen LogP contribution >= 0.6 is 11.3 Å². The molecule has 2 unspecified atom stereocenters. The molecular weight excluding hydrogens is 409 g/mol. The van der Waals surface area contributed by atoms with Crippen LogP contribution < -0.4 is 4.74 Å². The number of aromatic nitrogens is 1. The summed E-state index contributed by atoms with van der Waals surface area (Å²) in [6.45, 7) is 1.94. The lowest BCUT2D eigenvalue weighted by atomic mass is 10.1. The Bertz CT molecular complexity index is 795. The molecule has 0 saturated heterocycles. The first kappa shape index (κ1) is 23.1. The fourth-order valence-electron chi connectivity index (χ4n) is 2.54. The molecule has 0 saturated carbocycles. The van der Waals surface area contributed by atoms with Crippen LogP contribution in [0.15, 0.2) is 29.6 Å². The van der Waals surface area contributed by atoms with E-state index in [1.54, 1.807) is 19.2 Å². The van der Waals surface area contributed by atoms with Crippen molar-refractivity contribution in [1.82, 2.24) is 9.88 Å². The molecule has 1 N–H and O–H groups in total. The van der Waals surface area contributed by atoms with Crippen LogP contribution in [0.3, 0.4) is 0 Å². The van der Waals surface area contributed by atoms with Crippen molar-refractivity contribution >= 4 is 17.3 Å². The van der Waals surface area contributed by atoms with Crippen molar-refractivity contribution < 1.29 is 32.5 Å². The summed E-state index contributed by atoms with van der Waals surface area (Å²) in [7, 11) is 3.08. The van der Waals surface area contributed by atoms with Crippen molar-refractivity contribution in [2.24, 2.45) is 0 Å². The molecule has 10 heteroatoms. The minimum atomic E-state index is -4.51. The number of esters is 1. The van der Waals surface area contributed by atoms with Crippen molar-refractivity contribution in [3.63, 3.8) is 0 Å². The van der Waals surface area contributed by atoms with E-state index in [0.717, 1.165) is 5.56 Å². The Balaban J connectivity index is 1.87. The van der Waals surface area contributed by atoms with E-state index < -0.39 is 23.3 Å². The highest BCUT2D eigenvalue weighted by Gasteiger charge is 2.35. The maximum atomic E-state index is 12.7. The Morgan fingerprint density at radius 3 is 2.52 bits per heavy atom. The van der Waals surface area contributed by atoms with Gasteiger partial charge in [0.05, 0.1) is 12.8 Å². The second kappa shape index (κ2) is 10.0. The second-order valence-corrected chi connectivity index (χ2v) is 7.45. The van der Waals surface area contributed by atoms with Gasteiger partial charge in [-0.05, 0) is 38.1 Å². The molecule has 160 valence electrons. The predicted octanol–water partition coefficient (Wildman–Crippen LogP) is 3.31. The SMILES string of the molecule is COC(=O)COc1ccc(CC(C)N(C)CC(O)c2csc(C(F)(F)F)n2)cc1. The highest BCUT2D eigenvalue weighted by atomic mass is 32.1. The summed E-state index contributed by atoms with van der Waals surface area (Å²) in [5.74, 6) is 0.0740. The number of rotatable bonds is 9. The number of likely N-dealkylation sites (N-methyl/N-ethyl adjacent to an activating group) is 1. The van der Waals surface area contributed by atoms with Gasteiger partial charge in [-0.3, -0.25) is 0 Å². The van der Waals surface area contributed by atoms with E-state index in [-0.39, 0.29) is 24.9 Å². The van der Waals surface area contributed by atoms with Crippen molar-refractivity contribution in [2.45, 2.75) is 31.7 Å². The first-order chi connectivity index (χ1) is 13.6. The summed E-state index contributed by atoms with van der Waals surface area (Å²) in [6, 6.07) is 7.24. The Morgan fingerprint density at radius 2 is 1.97 bits per heavy atom. The van der Waals surface area contributed by atoms with E-state index in [1.165, 1.54) is 12.5 Å². The van der Waals surface area contributed by atoms with Crippen LogP contribution in [-0.4, -0.2) is 54.3 Å². The quantitative estimate of drug-likeness (QED) is 0.613. The molecule has 0 amide bonds. The minimum absolute atomic E-state index is 0.0206. The molecule has 1 aromatic heterocycles. The fraction of sp³-hybridized carbons (Fsp3) is 0.474. The van der Waals surface area contributed by atoms with Crippen LogP contribution in [0.4, 0.5) is 13.2 Å². The summed E-state index contributed by atoms with van der Waals surface area (Å²) in [4.78, 5) is 16.4. The van der Waals surface area contributed by atoms with Crippen LogP contribution in [0.25, 0.3) is 0 Å².